The summed E-state index contributed by atoms with van der Waals surface area (Å²) in [4.78, 5) is 12.5. The van der Waals surface area contributed by atoms with E-state index in [0.29, 0.717) is 48.0 Å². The Bertz CT molecular complexity index is 1060. The minimum atomic E-state index is -0.381. The van der Waals surface area contributed by atoms with Crippen LogP contribution in [0, 0.1) is 52.3 Å². The Morgan fingerprint density at radius 3 is 2.32 bits per heavy atom. The molecule has 3 N–H and O–H groups in total. The second kappa shape index (κ2) is 11.5. The van der Waals surface area contributed by atoms with Gasteiger partial charge in [-0.25, -0.2) is 4.79 Å². The molecule has 1 amide bonds. The maximum absolute atomic E-state index is 12.5. The Morgan fingerprint density at radius 1 is 1.00 bits per heavy atom. The summed E-state index contributed by atoms with van der Waals surface area (Å²) >= 11 is 0. The Hall–Kier alpha value is -1.59. The normalized spacial score (nSPS) is 41.1. The van der Waals surface area contributed by atoms with Crippen molar-refractivity contribution in [2.45, 2.75) is 124 Å². The highest BCUT2D eigenvalue weighted by Gasteiger charge is 2.64. The van der Waals surface area contributed by atoms with Crippen LogP contribution in [0.3, 0.4) is 0 Å². The molecule has 4 saturated carbocycles. The van der Waals surface area contributed by atoms with E-state index in [1.807, 2.05) is 12.1 Å². The van der Waals surface area contributed by atoms with Crippen molar-refractivity contribution in [1.82, 2.24) is 0 Å². The number of aliphatic hydroxyl groups is 2. The number of carbonyl (C=O) groups is 1. The number of hydrogen-bond donors (Lipinski definition) is 3. The van der Waals surface area contributed by atoms with Gasteiger partial charge in [0.2, 0.25) is 0 Å². The number of carbonyl (C=O) groups excluding carboxylic acids is 1. The van der Waals surface area contributed by atoms with Crippen LogP contribution in [0.4, 0.5) is 10.5 Å². The highest BCUT2D eigenvalue weighted by Crippen LogP contribution is 2.69. The van der Waals surface area contributed by atoms with Crippen molar-refractivity contribution in [2.24, 2.45) is 52.3 Å². The second-order valence-corrected chi connectivity index (χ2v) is 16.0. The summed E-state index contributed by atoms with van der Waals surface area (Å²) in [5.74, 6) is 3.29. The lowest BCUT2D eigenvalue weighted by atomic mass is 9.41. The van der Waals surface area contributed by atoms with Gasteiger partial charge >= 0.3 is 6.09 Å². The van der Waals surface area contributed by atoms with Gasteiger partial charge in [-0.15, -0.1) is 0 Å². The number of nitrogens with one attached hydrogen (secondary N) is 1. The molecule has 0 aliphatic heterocycles. The summed E-state index contributed by atoms with van der Waals surface area (Å²) in [6.45, 7) is 16.6. The van der Waals surface area contributed by atoms with Crippen LogP contribution in [-0.2, 0) is 10.2 Å². The minimum absolute atomic E-state index is 0.0803. The van der Waals surface area contributed by atoms with Gasteiger partial charge in [-0.3, -0.25) is 5.32 Å². The van der Waals surface area contributed by atoms with Crippen LogP contribution >= 0.6 is 0 Å². The zero-order valence-electron chi connectivity index (χ0n) is 26.8. The van der Waals surface area contributed by atoms with E-state index in [2.05, 4.69) is 65.9 Å². The molecule has 1 aromatic rings. The molecule has 5 heteroatoms. The van der Waals surface area contributed by atoms with E-state index in [1.54, 1.807) is 0 Å². The third-order valence-corrected chi connectivity index (χ3v) is 13.0. The number of aliphatic hydroxyl groups excluding tert-OH is 2. The lowest BCUT2D eigenvalue weighted by molar-refractivity contribution is -0.203. The minimum Gasteiger partial charge on any atom is -0.449 e. The third-order valence-electron chi connectivity index (χ3n) is 13.0. The van der Waals surface area contributed by atoms with Crippen LogP contribution in [0.15, 0.2) is 24.3 Å². The average Bonchev–Trinajstić information content (AvgIpc) is 3.27. The molecule has 1 aromatic carbocycles. The number of amides is 1. The first-order valence-electron chi connectivity index (χ1n) is 16.7. The summed E-state index contributed by atoms with van der Waals surface area (Å²) in [6.07, 6.45) is 8.77. The van der Waals surface area contributed by atoms with E-state index in [1.165, 1.54) is 31.2 Å². The van der Waals surface area contributed by atoms with Gasteiger partial charge in [0.25, 0.3) is 0 Å². The van der Waals surface area contributed by atoms with Crippen molar-refractivity contribution in [2.75, 3.05) is 11.9 Å². The zero-order chi connectivity index (χ0) is 29.7. The summed E-state index contributed by atoms with van der Waals surface area (Å²) in [5.41, 5.74) is 2.55. The highest BCUT2D eigenvalue weighted by molar-refractivity contribution is 5.84. The highest BCUT2D eigenvalue weighted by atomic mass is 16.5. The molecule has 0 bridgehead atoms. The molecular weight excluding hydrogens is 510 g/mol. The van der Waals surface area contributed by atoms with Crippen LogP contribution in [0.5, 0.6) is 0 Å². The van der Waals surface area contributed by atoms with Crippen molar-refractivity contribution in [3.05, 3.63) is 29.8 Å². The first kappa shape index (κ1) is 30.9. The molecule has 230 valence electrons. The summed E-state index contributed by atoms with van der Waals surface area (Å²) < 4.78 is 5.64. The van der Waals surface area contributed by atoms with E-state index < -0.39 is 0 Å². The van der Waals surface area contributed by atoms with Crippen molar-refractivity contribution < 1.29 is 19.7 Å². The smallest absolute Gasteiger partial charge is 0.411 e. The van der Waals surface area contributed by atoms with E-state index in [0.717, 1.165) is 37.8 Å². The van der Waals surface area contributed by atoms with Crippen LogP contribution in [0.2, 0.25) is 0 Å². The molecule has 0 heterocycles. The SMILES string of the molecule is CC[C@@H]1C2C[C@H](O)CC[C@]2(C)[C@H]2CCC3(C)[C@@H]([C@H](C)CCOC(=O)Nc4ccc(C(C)(C)C)cc4)CC[C@H]3C2[C@@H]1O. The van der Waals surface area contributed by atoms with Gasteiger partial charge in [0.15, 0.2) is 0 Å². The molecule has 0 spiro atoms. The predicted molar refractivity (Wildman–Crippen MR) is 166 cm³/mol. The molecule has 4 aliphatic rings. The van der Waals surface area contributed by atoms with E-state index in [-0.39, 0.29) is 34.5 Å². The van der Waals surface area contributed by atoms with Crippen molar-refractivity contribution in [3.8, 4) is 0 Å². The summed E-state index contributed by atoms with van der Waals surface area (Å²) in [5, 5.41) is 25.4. The number of benzene rings is 1. The van der Waals surface area contributed by atoms with Crippen molar-refractivity contribution in [3.63, 3.8) is 0 Å². The second-order valence-electron chi connectivity index (χ2n) is 16.0. The molecule has 0 saturated heterocycles. The number of hydrogen-bond acceptors (Lipinski definition) is 4. The van der Waals surface area contributed by atoms with Gasteiger partial charge in [0.1, 0.15) is 0 Å². The van der Waals surface area contributed by atoms with Gasteiger partial charge in [-0.05, 0) is 127 Å². The Labute approximate surface area is 249 Å². The summed E-state index contributed by atoms with van der Waals surface area (Å²) in [6, 6.07) is 8.02. The topological polar surface area (TPSA) is 78.8 Å². The van der Waals surface area contributed by atoms with E-state index >= 15 is 0 Å². The molecule has 4 fully saturated rings. The van der Waals surface area contributed by atoms with Crippen LogP contribution in [0.1, 0.15) is 112 Å². The molecule has 0 aromatic heterocycles. The number of rotatable bonds is 6. The fraction of sp³-hybridized carbons (Fsp3) is 0.806. The first-order chi connectivity index (χ1) is 19.3. The Kier molecular flexibility index (Phi) is 8.64. The maximum Gasteiger partial charge on any atom is 0.411 e. The lowest BCUT2D eigenvalue weighted by Crippen LogP contribution is -2.62. The molecule has 5 rings (SSSR count). The number of ether oxygens (including phenoxy) is 1. The molecule has 11 atom stereocenters. The first-order valence-corrected chi connectivity index (χ1v) is 16.7. The predicted octanol–water partition coefficient (Wildman–Crippen LogP) is 8.19. The lowest BCUT2D eigenvalue weighted by Gasteiger charge is -2.64. The quantitative estimate of drug-likeness (QED) is 0.324. The van der Waals surface area contributed by atoms with Crippen molar-refractivity contribution >= 4 is 11.8 Å². The monoisotopic (exact) mass is 567 g/mol. The zero-order valence-corrected chi connectivity index (χ0v) is 26.8. The Morgan fingerprint density at radius 2 is 1.66 bits per heavy atom. The molecule has 5 nitrogen and oxygen atoms in total. The standard InChI is InChI=1S/C36H57NO4/c1-8-26-30-21-25(38)15-18-36(30,7)29-16-19-35(6)27(13-14-28(35)31(29)32(26)39)22(2)17-20-41-33(40)37-24-11-9-23(10-12-24)34(3,4)5/h9-12,22,25-32,38-39H,8,13-21H2,1-7H3,(H,37,40)/t22-,25-,26-,27-,28+,29+,30?,31?,32-,35?,36-/m1/s1. The third kappa shape index (κ3) is 5.59. The van der Waals surface area contributed by atoms with Gasteiger partial charge in [0, 0.05) is 5.69 Å². The van der Waals surface area contributed by atoms with Gasteiger partial charge in [0.05, 0.1) is 18.8 Å². The fourth-order valence-electron chi connectivity index (χ4n) is 10.7. The summed E-state index contributed by atoms with van der Waals surface area (Å²) in [7, 11) is 0. The average molecular weight is 568 g/mol. The van der Waals surface area contributed by atoms with E-state index in [4.69, 9.17) is 4.74 Å². The molecular formula is C36H57NO4. The molecule has 41 heavy (non-hydrogen) atoms. The van der Waals surface area contributed by atoms with Crippen LogP contribution in [0.25, 0.3) is 0 Å². The largest absolute Gasteiger partial charge is 0.449 e. The Balaban J connectivity index is 1.20. The van der Waals surface area contributed by atoms with Gasteiger partial charge < -0.3 is 14.9 Å². The molecule has 0 radical (unpaired) electrons. The van der Waals surface area contributed by atoms with Gasteiger partial charge in [-0.1, -0.05) is 67.0 Å². The maximum atomic E-state index is 12.5. The van der Waals surface area contributed by atoms with Crippen LogP contribution < -0.4 is 5.32 Å². The fourth-order valence-corrected chi connectivity index (χ4v) is 10.7. The molecule has 3 unspecified atom stereocenters. The number of anilines is 1. The molecule has 4 aliphatic carbocycles. The van der Waals surface area contributed by atoms with Crippen molar-refractivity contribution in [1.29, 1.82) is 0 Å². The number of fused-ring (bicyclic) bond motifs is 5. The van der Waals surface area contributed by atoms with E-state index in [9.17, 15) is 15.0 Å². The van der Waals surface area contributed by atoms with Crippen LogP contribution in [-0.4, -0.2) is 35.1 Å². The van der Waals surface area contributed by atoms with Gasteiger partial charge in [-0.2, -0.15) is 0 Å².